The molecule has 1 atom stereocenters. The second kappa shape index (κ2) is 6.12. The molecule has 3 N–H and O–H groups in total. The van der Waals surface area contributed by atoms with Crippen LogP contribution in [0, 0.1) is 0 Å². The standard InChI is InChI=1S/C14H18N4/c1-2-17-14(9-11-5-3-4-7-18-11)12-10-16-8-6-13(12)15/h3-8,10,14,17H,2,9H2,1H3,(H2,15,16). The molecule has 0 fully saturated rings. The van der Waals surface area contributed by atoms with Gasteiger partial charge in [-0.05, 0) is 24.7 Å². The lowest BCUT2D eigenvalue weighted by atomic mass is 10.0. The van der Waals surface area contributed by atoms with Gasteiger partial charge in [-0.25, -0.2) is 0 Å². The summed E-state index contributed by atoms with van der Waals surface area (Å²) in [7, 11) is 0. The van der Waals surface area contributed by atoms with Crippen molar-refractivity contribution in [1.82, 2.24) is 15.3 Å². The number of nitrogen functional groups attached to an aromatic ring is 1. The molecule has 0 aliphatic rings. The van der Waals surface area contributed by atoms with Gasteiger partial charge in [-0.2, -0.15) is 0 Å². The molecule has 4 nitrogen and oxygen atoms in total. The summed E-state index contributed by atoms with van der Waals surface area (Å²) in [5.41, 5.74) is 8.86. The highest BCUT2D eigenvalue weighted by atomic mass is 14.9. The summed E-state index contributed by atoms with van der Waals surface area (Å²) in [6, 6.07) is 7.93. The van der Waals surface area contributed by atoms with Crippen LogP contribution in [-0.4, -0.2) is 16.5 Å². The Kier molecular flexibility index (Phi) is 4.25. The van der Waals surface area contributed by atoms with E-state index in [1.165, 1.54) is 0 Å². The summed E-state index contributed by atoms with van der Waals surface area (Å²) in [6.07, 6.45) is 6.16. The average molecular weight is 242 g/mol. The second-order valence-electron chi connectivity index (χ2n) is 4.14. The van der Waals surface area contributed by atoms with Gasteiger partial charge in [-0.1, -0.05) is 13.0 Å². The molecular formula is C14H18N4. The van der Waals surface area contributed by atoms with Gasteiger partial charge in [0, 0.05) is 48.0 Å². The van der Waals surface area contributed by atoms with Crippen LogP contribution in [0.5, 0.6) is 0 Å². The minimum Gasteiger partial charge on any atom is -0.398 e. The Balaban J connectivity index is 2.21. The summed E-state index contributed by atoms with van der Waals surface area (Å²) >= 11 is 0. The van der Waals surface area contributed by atoms with Gasteiger partial charge >= 0.3 is 0 Å². The molecule has 94 valence electrons. The Morgan fingerprint density at radius 3 is 2.83 bits per heavy atom. The topological polar surface area (TPSA) is 63.8 Å². The Morgan fingerprint density at radius 2 is 2.17 bits per heavy atom. The van der Waals surface area contributed by atoms with Gasteiger partial charge in [0.05, 0.1) is 0 Å². The molecular weight excluding hydrogens is 224 g/mol. The molecule has 0 saturated carbocycles. The zero-order chi connectivity index (χ0) is 12.8. The van der Waals surface area contributed by atoms with Gasteiger partial charge in [0.1, 0.15) is 0 Å². The van der Waals surface area contributed by atoms with Gasteiger partial charge in [-0.15, -0.1) is 0 Å². The molecule has 4 heteroatoms. The van der Waals surface area contributed by atoms with Gasteiger partial charge in [0.2, 0.25) is 0 Å². The predicted octanol–water partition coefficient (Wildman–Crippen LogP) is 1.95. The molecule has 0 amide bonds. The van der Waals surface area contributed by atoms with Crippen molar-refractivity contribution in [2.75, 3.05) is 12.3 Å². The number of hydrogen-bond acceptors (Lipinski definition) is 4. The van der Waals surface area contributed by atoms with Crippen LogP contribution in [0.3, 0.4) is 0 Å². The Labute approximate surface area is 107 Å². The quantitative estimate of drug-likeness (QED) is 0.841. The lowest BCUT2D eigenvalue weighted by Crippen LogP contribution is -2.24. The number of rotatable bonds is 5. The van der Waals surface area contributed by atoms with Crippen LogP contribution in [0.25, 0.3) is 0 Å². The third-order valence-electron chi connectivity index (χ3n) is 2.85. The van der Waals surface area contributed by atoms with E-state index in [4.69, 9.17) is 5.73 Å². The van der Waals surface area contributed by atoms with E-state index in [9.17, 15) is 0 Å². The summed E-state index contributed by atoms with van der Waals surface area (Å²) in [5, 5.41) is 3.43. The summed E-state index contributed by atoms with van der Waals surface area (Å²) in [5.74, 6) is 0. The van der Waals surface area contributed by atoms with Crippen molar-refractivity contribution in [3.63, 3.8) is 0 Å². The van der Waals surface area contributed by atoms with Crippen molar-refractivity contribution in [2.24, 2.45) is 0 Å². The molecule has 2 aromatic rings. The molecule has 0 saturated heterocycles. The van der Waals surface area contributed by atoms with Crippen molar-refractivity contribution in [2.45, 2.75) is 19.4 Å². The van der Waals surface area contributed by atoms with E-state index in [1.807, 2.05) is 36.7 Å². The number of nitrogens with one attached hydrogen (secondary N) is 1. The minimum atomic E-state index is 0.151. The Bertz CT molecular complexity index is 484. The van der Waals surface area contributed by atoms with Gasteiger partial charge < -0.3 is 11.1 Å². The second-order valence-corrected chi connectivity index (χ2v) is 4.14. The maximum Gasteiger partial charge on any atom is 0.0422 e. The molecule has 1 unspecified atom stereocenters. The van der Waals surface area contributed by atoms with Gasteiger partial charge in [0.15, 0.2) is 0 Å². The van der Waals surface area contributed by atoms with Crippen molar-refractivity contribution in [3.05, 3.63) is 54.1 Å². The SMILES string of the molecule is CCNC(Cc1ccccn1)c1cnccc1N. The number of aromatic nitrogens is 2. The number of hydrogen-bond donors (Lipinski definition) is 2. The fraction of sp³-hybridized carbons (Fsp3) is 0.286. The molecule has 2 rings (SSSR count). The summed E-state index contributed by atoms with van der Waals surface area (Å²) < 4.78 is 0. The van der Waals surface area contributed by atoms with E-state index < -0.39 is 0 Å². The molecule has 0 radical (unpaired) electrons. The molecule has 18 heavy (non-hydrogen) atoms. The van der Waals surface area contributed by atoms with Crippen LogP contribution in [-0.2, 0) is 6.42 Å². The zero-order valence-corrected chi connectivity index (χ0v) is 10.5. The van der Waals surface area contributed by atoms with E-state index in [0.29, 0.717) is 0 Å². The number of anilines is 1. The lowest BCUT2D eigenvalue weighted by Gasteiger charge is -2.19. The van der Waals surface area contributed by atoms with E-state index in [1.54, 1.807) is 6.20 Å². The largest absolute Gasteiger partial charge is 0.398 e. The van der Waals surface area contributed by atoms with Gasteiger partial charge in [-0.3, -0.25) is 9.97 Å². The first-order valence-electron chi connectivity index (χ1n) is 6.14. The maximum atomic E-state index is 6.00. The van der Waals surface area contributed by atoms with E-state index in [2.05, 4.69) is 22.2 Å². The van der Waals surface area contributed by atoms with E-state index in [0.717, 1.165) is 29.9 Å². The molecule has 0 aromatic carbocycles. The Hall–Kier alpha value is -1.94. The maximum absolute atomic E-state index is 6.00. The zero-order valence-electron chi connectivity index (χ0n) is 10.5. The molecule has 2 aromatic heterocycles. The average Bonchev–Trinajstić information content (AvgIpc) is 2.40. The fourth-order valence-corrected chi connectivity index (χ4v) is 1.98. The van der Waals surface area contributed by atoms with Crippen molar-refractivity contribution >= 4 is 5.69 Å². The lowest BCUT2D eigenvalue weighted by molar-refractivity contribution is 0.544. The highest BCUT2D eigenvalue weighted by Gasteiger charge is 2.14. The van der Waals surface area contributed by atoms with Crippen LogP contribution in [0.2, 0.25) is 0 Å². The monoisotopic (exact) mass is 242 g/mol. The Morgan fingerprint density at radius 1 is 1.28 bits per heavy atom. The first-order chi connectivity index (χ1) is 8.81. The van der Waals surface area contributed by atoms with Crippen LogP contribution in [0.4, 0.5) is 5.69 Å². The highest BCUT2D eigenvalue weighted by Crippen LogP contribution is 2.21. The number of nitrogens with two attached hydrogens (primary N) is 1. The first kappa shape index (κ1) is 12.5. The van der Waals surface area contributed by atoms with E-state index >= 15 is 0 Å². The summed E-state index contributed by atoms with van der Waals surface area (Å²) in [6.45, 7) is 2.96. The number of nitrogens with zero attached hydrogens (tertiary/aromatic N) is 2. The third-order valence-corrected chi connectivity index (χ3v) is 2.85. The van der Waals surface area contributed by atoms with Crippen molar-refractivity contribution < 1.29 is 0 Å². The fourth-order valence-electron chi connectivity index (χ4n) is 1.98. The van der Waals surface area contributed by atoms with Crippen LogP contribution < -0.4 is 11.1 Å². The summed E-state index contributed by atoms with van der Waals surface area (Å²) in [4.78, 5) is 8.50. The molecule has 0 spiro atoms. The highest BCUT2D eigenvalue weighted by molar-refractivity contribution is 5.46. The van der Waals surface area contributed by atoms with Gasteiger partial charge in [0.25, 0.3) is 0 Å². The first-order valence-corrected chi connectivity index (χ1v) is 6.14. The van der Waals surface area contributed by atoms with Crippen LogP contribution in [0.1, 0.15) is 24.2 Å². The number of likely N-dealkylation sites (N-methyl/N-ethyl adjacent to an activating group) is 1. The smallest absolute Gasteiger partial charge is 0.0422 e. The third kappa shape index (κ3) is 3.05. The normalized spacial score (nSPS) is 12.3. The van der Waals surface area contributed by atoms with Crippen LogP contribution >= 0.6 is 0 Å². The molecule has 0 bridgehead atoms. The van der Waals surface area contributed by atoms with E-state index in [-0.39, 0.29) is 6.04 Å². The molecule has 0 aliphatic heterocycles. The van der Waals surface area contributed by atoms with Crippen molar-refractivity contribution in [1.29, 1.82) is 0 Å². The van der Waals surface area contributed by atoms with Crippen molar-refractivity contribution in [3.8, 4) is 0 Å². The predicted molar refractivity (Wildman–Crippen MR) is 73.0 cm³/mol. The minimum absolute atomic E-state index is 0.151. The van der Waals surface area contributed by atoms with Crippen LogP contribution in [0.15, 0.2) is 42.9 Å². The molecule has 2 heterocycles. The molecule has 0 aliphatic carbocycles. The number of pyridine rings is 2.